The zero-order valence-corrected chi connectivity index (χ0v) is 9.89. The Kier molecular flexibility index (Phi) is 2.81. The summed E-state index contributed by atoms with van der Waals surface area (Å²) in [7, 11) is 0. The second-order valence-electron chi connectivity index (χ2n) is 3.96. The lowest BCUT2D eigenvalue weighted by molar-refractivity contribution is -0.157. The van der Waals surface area contributed by atoms with E-state index in [0.29, 0.717) is 11.3 Å². The maximum Gasteiger partial charge on any atom is 0.470 e. The quantitative estimate of drug-likeness (QED) is 0.711. The molecule has 102 valence electrons. The van der Waals surface area contributed by atoms with E-state index in [-0.39, 0.29) is 5.89 Å². The molecule has 2 heterocycles. The number of alkyl halides is 3. The molecule has 7 heteroatoms. The van der Waals surface area contributed by atoms with Crippen LogP contribution in [0.2, 0.25) is 0 Å². The molecular weight excluding hydrogens is 273 g/mol. The monoisotopic (exact) mass is 280 g/mol. The van der Waals surface area contributed by atoms with Crippen LogP contribution in [0.5, 0.6) is 0 Å². The van der Waals surface area contributed by atoms with Crippen molar-refractivity contribution in [3.8, 4) is 0 Å². The number of hydrogen-bond acceptors (Lipinski definition) is 4. The fourth-order valence-electron chi connectivity index (χ4n) is 1.65. The van der Waals surface area contributed by atoms with E-state index in [2.05, 4.69) is 14.6 Å². The van der Waals surface area contributed by atoms with Crippen LogP contribution in [0.1, 0.15) is 17.5 Å². The molecule has 2 aromatic heterocycles. The van der Waals surface area contributed by atoms with Gasteiger partial charge in [-0.1, -0.05) is 18.2 Å². The van der Waals surface area contributed by atoms with Crippen LogP contribution in [-0.4, -0.2) is 10.2 Å². The third-order valence-electron chi connectivity index (χ3n) is 2.52. The van der Waals surface area contributed by atoms with E-state index < -0.39 is 12.1 Å². The van der Waals surface area contributed by atoms with E-state index in [9.17, 15) is 13.2 Å². The number of aromatic nitrogens is 2. The Hall–Kier alpha value is -2.57. The first-order valence-electron chi connectivity index (χ1n) is 5.60. The van der Waals surface area contributed by atoms with Gasteiger partial charge in [-0.05, 0) is 18.2 Å². The molecule has 0 fully saturated rings. The van der Waals surface area contributed by atoms with Crippen LogP contribution in [-0.2, 0) is 6.18 Å². The standard InChI is InChI=1S/C13H7F3N2O2/c14-13(15,16)12-18-17-11(20-12)6-5-9-7-8-3-1-2-4-10(8)19-9/h1-7H/b6-5-. The van der Waals surface area contributed by atoms with Gasteiger partial charge in [0.25, 0.3) is 0 Å². The minimum atomic E-state index is -4.64. The molecule has 0 aliphatic rings. The Balaban J connectivity index is 1.85. The summed E-state index contributed by atoms with van der Waals surface area (Å²) in [6.45, 7) is 0. The van der Waals surface area contributed by atoms with E-state index in [1.54, 1.807) is 12.1 Å². The molecule has 0 atom stereocenters. The fraction of sp³-hybridized carbons (Fsp3) is 0.0769. The van der Waals surface area contributed by atoms with Crippen molar-refractivity contribution in [2.24, 2.45) is 0 Å². The average molecular weight is 280 g/mol. The molecule has 0 saturated heterocycles. The number of fused-ring (bicyclic) bond motifs is 1. The fourth-order valence-corrected chi connectivity index (χ4v) is 1.65. The molecule has 3 aromatic rings. The van der Waals surface area contributed by atoms with Crippen LogP contribution in [0.15, 0.2) is 39.2 Å². The molecule has 0 aliphatic carbocycles. The Labute approximate surface area is 110 Å². The maximum atomic E-state index is 12.3. The van der Waals surface area contributed by atoms with Gasteiger partial charge in [-0.25, -0.2) is 0 Å². The Bertz CT molecular complexity index is 738. The molecule has 0 amide bonds. The molecule has 4 nitrogen and oxygen atoms in total. The highest BCUT2D eigenvalue weighted by atomic mass is 19.4. The summed E-state index contributed by atoms with van der Waals surface area (Å²) in [5.41, 5.74) is 0.689. The molecule has 0 spiro atoms. The minimum Gasteiger partial charge on any atom is -0.457 e. The second-order valence-corrected chi connectivity index (χ2v) is 3.96. The summed E-state index contributed by atoms with van der Waals surface area (Å²) < 4.78 is 46.7. The molecule has 20 heavy (non-hydrogen) atoms. The highest BCUT2D eigenvalue weighted by Gasteiger charge is 2.37. The van der Waals surface area contributed by atoms with Gasteiger partial charge in [-0.2, -0.15) is 13.2 Å². The molecule has 0 aliphatic heterocycles. The van der Waals surface area contributed by atoms with Gasteiger partial charge in [-0.15, -0.1) is 10.2 Å². The van der Waals surface area contributed by atoms with Crippen molar-refractivity contribution in [1.82, 2.24) is 10.2 Å². The van der Waals surface area contributed by atoms with Gasteiger partial charge in [-0.3, -0.25) is 0 Å². The first kappa shape index (κ1) is 12.5. The first-order chi connectivity index (χ1) is 9.52. The molecular formula is C13H7F3N2O2. The third-order valence-corrected chi connectivity index (χ3v) is 2.52. The van der Waals surface area contributed by atoms with Crippen molar-refractivity contribution in [3.05, 3.63) is 47.9 Å². The predicted octanol–water partition coefficient (Wildman–Crippen LogP) is 4.01. The van der Waals surface area contributed by atoms with Crippen molar-refractivity contribution >= 4 is 23.1 Å². The number of benzene rings is 1. The predicted molar refractivity (Wildman–Crippen MR) is 64.4 cm³/mol. The Morgan fingerprint density at radius 3 is 2.50 bits per heavy atom. The maximum absolute atomic E-state index is 12.3. The molecule has 0 bridgehead atoms. The van der Waals surface area contributed by atoms with Crippen LogP contribution >= 0.6 is 0 Å². The highest BCUT2D eigenvalue weighted by Crippen LogP contribution is 2.28. The molecule has 0 radical (unpaired) electrons. The van der Waals surface area contributed by atoms with Gasteiger partial charge in [0, 0.05) is 11.5 Å². The summed E-state index contributed by atoms with van der Waals surface area (Å²) in [5.74, 6) is -1.13. The lowest BCUT2D eigenvalue weighted by Gasteiger charge is -1.96. The largest absolute Gasteiger partial charge is 0.470 e. The van der Waals surface area contributed by atoms with E-state index in [0.717, 1.165) is 5.39 Å². The molecule has 3 rings (SSSR count). The van der Waals surface area contributed by atoms with E-state index in [4.69, 9.17) is 4.42 Å². The Morgan fingerprint density at radius 1 is 1.00 bits per heavy atom. The van der Waals surface area contributed by atoms with E-state index in [1.807, 2.05) is 18.2 Å². The Morgan fingerprint density at radius 2 is 1.80 bits per heavy atom. The zero-order valence-electron chi connectivity index (χ0n) is 9.89. The van der Waals surface area contributed by atoms with Gasteiger partial charge >= 0.3 is 12.1 Å². The summed E-state index contributed by atoms with van der Waals surface area (Å²) in [4.78, 5) is 0. The number of halogens is 3. The topological polar surface area (TPSA) is 52.1 Å². The van der Waals surface area contributed by atoms with Gasteiger partial charge in [0.2, 0.25) is 5.89 Å². The van der Waals surface area contributed by atoms with Gasteiger partial charge < -0.3 is 8.83 Å². The van der Waals surface area contributed by atoms with Crippen molar-refractivity contribution in [1.29, 1.82) is 0 Å². The summed E-state index contributed by atoms with van der Waals surface area (Å²) in [5, 5.41) is 7.10. The lowest BCUT2D eigenvalue weighted by atomic mass is 10.2. The van der Waals surface area contributed by atoms with Crippen LogP contribution in [0.3, 0.4) is 0 Å². The van der Waals surface area contributed by atoms with Crippen LogP contribution in [0.4, 0.5) is 13.2 Å². The van der Waals surface area contributed by atoms with Crippen LogP contribution in [0, 0.1) is 0 Å². The van der Waals surface area contributed by atoms with Crippen LogP contribution < -0.4 is 0 Å². The number of para-hydroxylation sites is 1. The minimum absolute atomic E-state index is 0.238. The van der Waals surface area contributed by atoms with Gasteiger partial charge in [0.05, 0.1) is 0 Å². The first-order valence-corrected chi connectivity index (χ1v) is 5.60. The normalized spacial score (nSPS) is 12.6. The highest BCUT2D eigenvalue weighted by molar-refractivity contribution is 5.81. The second kappa shape index (κ2) is 4.52. The molecule has 0 saturated carbocycles. The zero-order chi connectivity index (χ0) is 14.2. The van der Waals surface area contributed by atoms with E-state index in [1.165, 1.54) is 12.2 Å². The summed E-state index contributed by atoms with van der Waals surface area (Å²) in [6.07, 6.45) is -1.91. The van der Waals surface area contributed by atoms with Crippen molar-refractivity contribution in [2.75, 3.05) is 0 Å². The molecule has 0 N–H and O–H groups in total. The number of furan rings is 1. The lowest BCUT2D eigenvalue weighted by Crippen LogP contribution is -2.04. The smallest absolute Gasteiger partial charge is 0.457 e. The SMILES string of the molecule is FC(F)(F)c1nnc(/C=C\c2cc3ccccc3o2)o1. The number of rotatable bonds is 2. The molecule has 1 aromatic carbocycles. The molecule has 0 unspecified atom stereocenters. The average Bonchev–Trinajstić information content (AvgIpc) is 3.02. The summed E-state index contributed by atoms with van der Waals surface area (Å²) in [6, 6.07) is 9.10. The summed E-state index contributed by atoms with van der Waals surface area (Å²) >= 11 is 0. The van der Waals surface area contributed by atoms with Crippen molar-refractivity contribution in [3.63, 3.8) is 0 Å². The third kappa shape index (κ3) is 2.42. The number of nitrogens with zero attached hydrogens (tertiary/aromatic N) is 2. The number of hydrogen-bond donors (Lipinski definition) is 0. The van der Waals surface area contributed by atoms with E-state index >= 15 is 0 Å². The van der Waals surface area contributed by atoms with Gasteiger partial charge in [0.15, 0.2) is 0 Å². The van der Waals surface area contributed by atoms with Gasteiger partial charge in [0.1, 0.15) is 11.3 Å². The van der Waals surface area contributed by atoms with Crippen molar-refractivity contribution < 1.29 is 22.0 Å². The van der Waals surface area contributed by atoms with Crippen LogP contribution in [0.25, 0.3) is 23.1 Å². The van der Waals surface area contributed by atoms with Crippen molar-refractivity contribution in [2.45, 2.75) is 6.18 Å².